The molecule has 324 valence electrons. The summed E-state index contributed by atoms with van der Waals surface area (Å²) < 4.78 is 12.1. The fraction of sp³-hybridized carbons (Fsp3) is 0.420. The number of benzene rings is 3. The Bertz CT molecular complexity index is 2400. The molecule has 3 atom stereocenters. The number of carboxylic acid groups (broad SMARTS) is 1. The van der Waals surface area contributed by atoms with Crippen molar-refractivity contribution < 1.29 is 24.2 Å². The Kier molecular flexibility index (Phi) is 13.1. The number of aryl methyl sites for hydroxylation is 1. The van der Waals surface area contributed by atoms with Gasteiger partial charge in [0.1, 0.15) is 17.0 Å². The van der Waals surface area contributed by atoms with Gasteiger partial charge < -0.3 is 30.5 Å². The molecule has 0 saturated heterocycles. The molecule has 12 heteroatoms. The first-order chi connectivity index (χ1) is 30.1. The summed E-state index contributed by atoms with van der Waals surface area (Å²) in [5.74, 6) is 2.26. The second kappa shape index (κ2) is 18.8. The second-order valence-electron chi connectivity index (χ2n) is 17.6. The highest BCUT2D eigenvalue weighted by Gasteiger charge is 2.54. The van der Waals surface area contributed by atoms with Gasteiger partial charge >= 0.3 is 5.97 Å². The van der Waals surface area contributed by atoms with Crippen molar-refractivity contribution in [2.24, 2.45) is 11.8 Å². The molecule has 1 saturated carbocycles. The zero-order valence-corrected chi connectivity index (χ0v) is 36.6. The minimum Gasteiger partial charge on any atom is -0.496 e. The predicted octanol–water partition coefficient (Wildman–Crippen LogP) is 9.07. The number of ether oxygens (including phenoxy) is 2. The lowest BCUT2D eigenvalue weighted by Gasteiger charge is -2.47. The number of carboxylic acids is 1. The first kappa shape index (κ1) is 43.1. The van der Waals surface area contributed by atoms with Crippen LogP contribution in [0.15, 0.2) is 91.3 Å². The molecule has 1 spiro atoms. The van der Waals surface area contributed by atoms with E-state index in [9.17, 15) is 14.7 Å². The third kappa shape index (κ3) is 9.29. The minimum atomic E-state index is -1.12. The largest absolute Gasteiger partial charge is 0.496 e. The normalized spacial score (nSPS) is 22.0. The topological polar surface area (TPSA) is 148 Å². The zero-order chi connectivity index (χ0) is 43.3. The van der Waals surface area contributed by atoms with E-state index in [4.69, 9.17) is 21.1 Å². The van der Waals surface area contributed by atoms with Crippen molar-refractivity contribution in [3.05, 3.63) is 130 Å². The van der Waals surface area contributed by atoms with E-state index in [2.05, 4.69) is 62.9 Å². The summed E-state index contributed by atoms with van der Waals surface area (Å²) in [6, 6.07) is 25.4. The average Bonchev–Trinajstić information content (AvgIpc) is 3.56. The van der Waals surface area contributed by atoms with Crippen molar-refractivity contribution in [3.8, 4) is 22.9 Å². The highest BCUT2D eigenvalue weighted by molar-refractivity contribution is 6.30. The molecule has 3 aliphatic rings. The molecule has 1 fully saturated rings. The summed E-state index contributed by atoms with van der Waals surface area (Å²) in [4.78, 5) is 40.0. The first-order valence-corrected chi connectivity index (χ1v) is 22.4. The van der Waals surface area contributed by atoms with Crippen LogP contribution in [-0.4, -0.2) is 57.7 Å². The lowest BCUT2D eigenvalue weighted by molar-refractivity contribution is -0.144. The van der Waals surface area contributed by atoms with E-state index >= 15 is 0 Å². The van der Waals surface area contributed by atoms with Crippen LogP contribution in [0.5, 0.6) is 11.5 Å². The van der Waals surface area contributed by atoms with E-state index in [1.807, 2.05) is 54.7 Å². The molecule has 2 heterocycles. The van der Waals surface area contributed by atoms with Crippen molar-refractivity contribution in [1.29, 1.82) is 0 Å². The number of aliphatic carboxylic acids is 1. The first-order valence-electron chi connectivity index (χ1n) is 22.0. The average molecular weight is 857 g/mol. The van der Waals surface area contributed by atoms with Gasteiger partial charge in [0.25, 0.3) is 0 Å². The van der Waals surface area contributed by atoms with Crippen LogP contribution in [0.2, 0.25) is 5.02 Å². The highest BCUT2D eigenvalue weighted by atomic mass is 35.5. The van der Waals surface area contributed by atoms with Crippen molar-refractivity contribution in [2.75, 3.05) is 25.6 Å². The summed E-state index contributed by atoms with van der Waals surface area (Å²) in [6.45, 7) is 6.06. The third-order valence-electron chi connectivity index (χ3n) is 13.5. The molecule has 2 aromatic heterocycles. The van der Waals surface area contributed by atoms with E-state index in [-0.39, 0.29) is 23.8 Å². The van der Waals surface area contributed by atoms with Crippen LogP contribution in [0.1, 0.15) is 98.4 Å². The number of carbonyl (C=O) groups excluding carboxylic acids is 1. The van der Waals surface area contributed by atoms with Gasteiger partial charge in [-0.05, 0) is 140 Å². The maximum atomic E-state index is 13.1. The number of amides is 1. The Morgan fingerprint density at radius 1 is 0.952 bits per heavy atom. The van der Waals surface area contributed by atoms with Crippen LogP contribution in [0, 0.1) is 11.8 Å². The number of carbonyl (C=O) groups is 2. The monoisotopic (exact) mass is 856 g/mol. The number of halogens is 1. The molecule has 11 nitrogen and oxygen atoms in total. The molecule has 8 rings (SSSR count). The Hall–Kier alpha value is -5.52. The molecule has 3 aliphatic carbocycles. The summed E-state index contributed by atoms with van der Waals surface area (Å²) >= 11 is 6.32. The number of rotatable bonds is 16. The van der Waals surface area contributed by atoms with Crippen LogP contribution in [0.3, 0.4) is 0 Å². The zero-order valence-electron chi connectivity index (χ0n) is 35.9. The predicted molar refractivity (Wildman–Crippen MR) is 242 cm³/mol. The van der Waals surface area contributed by atoms with Crippen molar-refractivity contribution in [2.45, 2.75) is 102 Å². The van der Waals surface area contributed by atoms with Crippen LogP contribution < -0.4 is 25.4 Å². The summed E-state index contributed by atoms with van der Waals surface area (Å²) in [6.07, 6.45) is 11.1. The molecule has 0 radical (unpaired) electrons. The lowest BCUT2D eigenvalue weighted by Crippen LogP contribution is -2.53. The van der Waals surface area contributed by atoms with Crippen LogP contribution in [0.25, 0.3) is 11.4 Å². The Morgan fingerprint density at radius 3 is 2.58 bits per heavy atom. The quantitative estimate of drug-likeness (QED) is 0.0758. The van der Waals surface area contributed by atoms with Gasteiger partial charge in [-0.25, -0.2) is 14.8 Å². The standard InChI is InChI=1S/C50H57ClN6O5/c1-32(31-62-44-17-23-53-42-12-6-8-33(2)46(42)44)24-36-26-35-15-14-34(25-41(35)49(36)18-20-50(21-19-49,48(59)60)57-38-10-7-9-37(51)27-38)28-55-45(58)30-52-29-39-16-22-54-47(56-39)40-11-4-5-13-43(40)61-3/h4-5,7,9-11,13-17,22-23,25,27,32-33,36,52,57H,6,8,12,18-21,24,26,28-31H2,1-3H3,(H,55,58)(H,59,60)/t32-,33-,36+,49?,50?/m1/s1. The Labute approximate surface area is 369 Å². The van der Waals surface area contributed by atoms with Gasteiger partial charge in [0, 0.05) is 47.5 Å². The fourth-order valence-electron chi connectivity index (χ4n) is 10.3. The van der Waals surface area contributed by atoms with E-state index < -0.39 is 11.5 Å². The van der Waals surface area contributed by atoms with Gasteiger partial charge in [-0.15, -0.1) is 0 Å². The minimum absolute atomic E-state index is 0.119. The number of methoxy groups -OCH3 is 1. The summed E-state index contributed by atoms with van der Waals surface area (Å²) in [7, 11) is 1.62. The number of para-hydroxylation sites is 1. The number of fused-ring (bicyclic) bond motifs is 3. The molecule has 0 aliphatic heterocycles. The van der Waals surface area contributed by atoms with E-state index in [0.29, 0.717) is 66.7 Å². The van der Waals surface area contributed by atoms with Crippen molar-refractivity contribution in [1.82, 2.24) is 25.6 Å². The maximum Gasteiger partial charge on any atom is 0.329 e. The molecule has 3 aromatic carbocycles. The van der Waals surface area contributed by atoms with Gasteiger partial charge in [0.15, 0.2) is 5.82 Å². The molecule has 0 bridgehead atoms. The van der Waals surface area contributed by atoms with Crippen LogP contribution >= 0.6 is 11.6 Å². The molecule has 4 N–H and O–H groups in total. The second-order valence-corrected chi connectivity index (χ2v) is 18.1. The molecular formula is C50H57ClN6O5. The van der Waals surface area contributed by atoms with Gasteiger partial charge in [-0.1, -0.05) is 61.8 Å². The smallest absolute Gasteiger partial charge is 0.329 e. The number of hydrogen-bond donors (Lipinski definition) is 4. The number of hydrogen-bond acceptors (Lipinski definition) is 9. The van der Waals surface area contributed by atoms with E-state index in [1.165, 1.54) is 22.4 Å². The SMILES string of the molecule is COc1ccccc1-c1nccc(CNCC(=O)NCc2ccc3c(c2)C2(CCC(Nc4cccc(Cl)c4)(C(=O)O)CC2)[C@@H](C[C@@H](C)COc2ccnc4c2[C@H](C)CCC4)C3)n1. The highest BCUT2D eigenvalue weighted by Crippen LogP contribution is 2.56. The number of pyridine rings is 1. The van der Waals surface area contributed by atoms with Gasteiger partial charge in [-0.2, -0.15) is 0 Å². The fourth-order valence-corrected chi connectivity index (χ4v) is 10.5. The van der Waals surface area contributed by atoms with Crippen LogP contribution in [0.4, 0.5) is 5.69 Å². The van der Waals surface area contributed by atoms with Gasteiger partial charge in [0.05, 0.1) is 31.5 Å². The van der Waals surface area contributed by atoms with Crippen molar-refractivity contribution in [3.63, 3.8) is 0 Å². The van der Waals surface area contributed by atoms with E-state index in [0.717, 1.165) is 67.5 Å². The maximum absolute atomic E-state index is 13.1. The molecular weight excluding hydrogens is 800 g/mol. The van der Waals surface area contributed by atoms with E-state index in [1.54, 1.807) is 25.4 Å². The third-order valence-corrected chi connectivity index (χ3v) is 13.7. The summed E-state index contributed by atoms with van der Waals surface area (Å²) in [5.41, 5.74) is 6.99. The number of anilines is 1. The van der Waals surface area contributed by atoms with Crippen molar-refractivity contribution >= 4 is 29.2 Å². The Balaban J connectivity index is 0.952. The lowest BCUT2D eigenvalue weighted by atomic mass is 9.59. The number of nitrogens with zero attached hydrogens (tertiary/aromatic N) is 3. The van der Waals surface area contributed by atoms with Gasteiger partial charge in [0.2, 0.25) is 5.91 Å². The molecule has 1 amide bonds. The summed E-state index contributed by atoms with van der Waals surface area (Å²) in [5, 5.41) is 21.0. The molecule has 62 heavy (non-hydrogen) atoms. The number of aromatic nitrogens is 3. The Morgan fingerprint density at radius 2 is 1.77 bits per heavy atom. The number of nitrogens with one attached hydrogen (secondary N) is 3. The molecule has 0 unspecified atom stereocenters. The van der Waals surface area contributed by atoms with Crippen LogP contribution in [-0.2, 0) is 40.9 Å². The molecule has 5 aromatic rings. The van der Waals surface area contributed by atoms with Gasteiger partial charge in [-0.3, -0.25) is 9.78 Å².